The second-order valence-electron chi connectivity index (χ2n) is 5.96. The number of carboxylic acids is 1. The van der Waals surface area contributed by atoms with Gasteiger partial charge in [-0.15, -0.1) is 0 Å². The molecule has 0 atom stereocenters. The van der Waals surface area contributed by atoms with E-state index in [4.69, 9.17) is 10.2 Å². The lowest BCUT2D eigenvalue weighted by Crippen LogP contribution is -2.08. The Morgan fingerprint density at radius 3 is 2.54 bits per heavy atom. The highest BCUT2D eigenvalue weighted by atomic mass is 16.4. The van der Waals surface area contributed by atoms with E-state index in [1.165, 1.54) is 11.3 Å². The monoisotopic (exact) mass is 319 g/mol. The summed E-state index contributed by atoms with van der Waals surface area (Å²) in [6, 6.07) is 12.7. The van der Waals surface area contributed by atoms with E-state index in [2.05, 4.69) is 4.98 Å². The molecule has 1 aromatic carbocycles. The van der Waals surface area contributed by atoms with Gasteiger partial charge in [0, 0.05) is 17.5 Å². The summed E-state index contributed by atoms with van der Waals surface area (Å²) in [5.41, 5.74) is 5.47. The van der Waals surface area contributed by atoms with Gasteiger partial charge in [0.15, 0.2) is 0 Å². The first-order valence-corrected chi connectivity index (χ1v) is 8.10. The molecular formula is C19H17N3O2. The van der Waals surface area contributed by atoms with Crippen molar-refractivity contribution in [3.05, 3.63) is 65.5 Å². The molecule has 5 heteroatoms. The van der Waals surface area contributed by atoms with Crippen LogP contribution >= 0.6 is 0 Å². The molecule has 1 N–H and O–H groups in total. The molecule has 0 aliphatic heterocycles. The maximum atomic E-state index is 11.0. The number of benzene rings is 1. The molecule has 5 nitrogen and oxygen atoms in total. The second-order valence-corrected chi connectivity index (χ2v) is 5.96. The number of nitrogens with zero attached hydrogens (tertiary/aromatic N) is 3. The lowest BCUT2D eigenvalue weighted by Gasteiger charge is -2.14. The Balaban J connectivity index is 1.84. The molecule has 0 radical (unpaired) electrons. The normalized spacial score (nSPS) is 13.5. The lowest BCUT2D eigenvalue weighted by atomic mass is 9.94. The highest BCUT2D eigenvalue weighted by Crippen LogP contribution is 2.31. The quantitative estimate of drug-likeness (QED) is 0.802. The Morgan fingerprint density at radius 2 is 1.83 bits per heavy atom. The Morgan fingerprint density at radius 1 is 1.04 bits per heavy atom. The Bertz CT molecular complexity index is 883. The fourth-order valence-electron chi connectivity index (χ4n) is 3.27. The maximum absolute atomic E-state index is 11.0. The van der Waals surface area contributed by atoms with Gasteiger partial charge in [-0.25, -0.2) is 9.48 Å². The van der Waals surface area contributed by atoms with Crippen molar-refractivity contribution in [2.24, 2.45) is 0 Å². The van der Waals surface area contributed by atoms with Crippen LogP contribution in [-0.4, -0.2) is 25.8 Å². The summed E-state index contributed by atoms with van der Waals surface area (Å²) in [7, 11) is 0. The van der Waals surface area contributed by atoms with E-state index in [-0.39, 0.29) is 5.56 Å². The molecular weight excluding hydrogens is 302 g/mol. The number of rotatable bonds is 3. The van der Waals surface area contributed by atoms with Crippen LogP contribution in [0.2, 0.25) is 0 Å². The third-order valence-corrected chi connectivity index (χ3v) is 4.45. The Kier molecular flexibility index (Phi) is 3.61. The standard InChI is InChI=1S/C19H17N3O2/c23-19(24)13-8-10-14(11-9-13)22-17-7-2-1-5-15(17)18(21-22)16-6-3-4-12-20-16/h3-4,6,8-12H,1-2,5,7H2,(H,23,24). The molecule has 0 fully saturated rings. The minimum atomic E-state index is -0.918. The zero-order valence-electron chi connectivity index (χ0n) is 13.1. The fraction of sp³-hybridized carbons (Fsp3) is 0.211. The number of hydrogen-bond acceptors (Lipinski definition) is 3. The summed E-state index contributed by atoms with van der Waals surface area (Å²) in [5.74, 6) is -0.918. The van der Waals surface area contributed by atoms with Crippen LogP contribution in [0.15, 0.2) is 48.7 Å². The van der Waals surface area contributed by atoms with E-state index in [0.717, 1.165) is 42.8 Å². The van der Waals surface area contributed by atoms with Crippen LogP contribution < -0.4 is 0 Å². The first-order valence-electron chi connectivity index (χ1n) is 8.10. The molecule has 0 bridgehead atoms. The van der Waals surface area contributed by atoms with Gasteiger partial charge in [0.2, 0.25) is 0 Å². The van der Waals surface area contributed by atoms with E-state index in [1.807, 2.05) is 35.0 Å². The van der Waals surface area contributed by atoms with Crippen molar-refractivity contribution >= 4 is 5.97 Å². The summed E-state index contributed by atoms with van der Waals surface area (Å²) in [5, 5.41) is 13.9. The first kappa shape index (κ1) is 14.6. The van der Waals surface area contributed by atoms with Crippen molar-refractivity contribution in [1.82, 2.24) is 14.8 Å². The minimum Gasteiger partial charge on any atom is -0.478 e. The zero-order valence-corrected chi connectivity index (χ0v) is 13.1. The van der Waals surface area contributed by atoms with E-state index in [1.54, 1.807) is 18.3 Å². The van der Waals surface area contributed by atoms with Crippen LogP contribution in [-0.2, 0) is 12.8 Å². The molecule has 3 aromatic rings. The van der Waals surface area contributed by atoms with E-state index in [9.17, 15) is 4.79 Å². The van der Waals surface area contributed by atoms with Gasteiger partial charge in [0.25, 0.3) is 0 Å². The van der Waals surface area contributed by atoms with Gasteiger partial charge >= 0.3 is 5.97 Å². The molecule has 0 saturated carbocycles. The molecule has 0 amide bonds. The molecule has 1 aliphatic carbocycles. The molecule has 24 heavy (non-hydrogen) atoms. The fourth-order valence-corrected chi connectivity index (χ4v) is 3.27. The lowest BCUT2D eigenvalue weighted by molar-refractivity contribution is 0.0697. The van der Waals surface area contributed by atoms with E-state index >= 15 is 0 Å². The average Bonchev–Trinajstić information content (AvgIpc) is 3.02. The summed E-state index contributed by atoms with van der Waals surface area (Å²) in [4.78, 5) is 15.5. The van der Waals surface area contributed by atoms with Crippen LogP contribution in [0.3, 0.4) is 0 Å². The van der Waals surface area contributed by atoms with Gasteiger partial charge in [-0.05, 0) is 62.1 Å². The van der Waals surface area contributed by atoms with E-state index < -0.39 is 5.97 Å². The summed E-state index contributed by atoms with van der Waals surface area (Å²) < 4.78 is 1.95. The van der Waals surface area contributed by atoms with Crippen LogP contribution in [0.1, 0.15) is 34.5 Å². The van der Waals surface area contributed by atoms with Gasteiger partial charge in [0.1, 0.15) is 5.69 Å². The highest BCUT2D eigenvalue weighted by Gasteiger charge is 2.23. The molecule has 4 rings (SSSR count). The van der Waals surface area contributed by atoms with Gasteiger partial charge in [-0.3, -0.25) is 4.98 Å². The number of aromatic carboxylic acids is 1. The predicted molar refractivity (Wildman–Crippen MR) is 90.4 cm³/mol. The van der Waals surface area contributed by atoms with Crippen molar-refractivity contribution in [3.63, 3.8) is 0 Å². The summed E-state index contributed by atoms with van der Waals surface area (Å²) in [6.45, 7) is 0. The van der Waals surface area contributed by atoms with Crippen LogP contribution in [0.4, 0.5) is 0 Å². The smallest absolute Gasteiger partial charge is 0.335 e. The van der Waals surface area contributed by atoms with Crippen LogP contribution in [0.25, 0.3) is 17.1 Å². The van der Waals surface area contributed by atoms with Crippen molar-refractivity contribution in [3.8, 4) is 17.1 Å². The average molecular weight is 319 g/mol. The van der Waals surface area contributed by atoms with Gasteiger partial charge in [-0.2, -0.15) is 5.10 Å². The zero-order chi connectivity index (χ0) is 16.5. The van der Waals surface area contributed by atoms with Crippen molar-refractivity contribution in [2.75, 3.05) is 0 Å². The van der Waals surface area contributed by atoms with Gasteiger partial charge in [-0.1, -0.05) is 6.07 Å². The van der Waals surface area contributed by atoms with Crippen LogP contribution in [0, 0.1) is 0 Å². The summed E-state index contributed by atoms with van der Waals surface area (Å²) in [6.07, 6.45) is 6.08. The molecule has 2 aromatic heterocycles. The molecule has 0 saturated heterocycles. The Labute approximate surface area is 139 Å². The molecule has 0 unspecified atom stereocenters. The molecule has 2 heterocycles. The third kappa shape index (κ3) is 2.48. The SMILES string of the molecule is O=C(O)c1ccc(-n2nc(-c3ccccn3)c3c2CCCC3)cc1. The topological polar surface area (TPSA) is 68.0 Å². The number of carbonyl (C=O) groups is 1. The van der Waals surface area contributed by atoms with Crippen molar-refractivity contribution in [2.45, 2.75) is 25.7 Å². The summed E-state index contributed by atoms with van der Waals surface area (Å²) >= 11 is 0. The number of pyridine rings is 1. The number of aromatic nitrogens is 3. The number of carboxylic acid groups (broad SMARTS) is 1. The second kappa shape index (κ2) is 5.92. The van der Waals surface area contributed by atoms with Crippen molar-refractivity contribution < 1.29 is 9.90 Å². The largest absolute Gasteiger partial charge is 0.478 e. The molecule has 0 spiro atoms. The first-order chi connectivity index (χ1) is 11.7. The highest BCUT2D eigenvalue weighted by molar-refractivity contribution is 5.87. The number of fused-ring (bicyclic) bond motifs is 1. The van der Waals surface area contributed by atoms with Crippen LogP contribution in [0.5, 0.6) is 0 Å². The third-order valence-electron chi connectivity index (χ3n) is 4.45. The predicted octanol–water partition coefficient (Wildman–Crippen LogP) is 3.51. The maximum Gasteiger partial charge on any atom is 0.335 e. The van der Waals surface area contributed by atoms with Gasteiger partial charge in [0.05, 0.1) is 16.9 Å². The molecule has 1 aliphatic rings. The Hall–Kier alpha value is -2.95. The van der Waals surface area contributed by atoms with Gasteiger partial charge < -0.3 is 5.11 Å². The van der Waals surface area contributed by atoms with Crippen molar-refractivity contribution in [1.29, 1.82) is 0 Å². The van der Waals surface area contributed by atoms with E-state index in [0.29, 0.717) is 0 Å². The molecule has 120 valence electrons. The minimum absolute atomic E-state index is 0.282. The number of hydrogen-bond donors (Lipinski definition) is 1.